The Labute approximate surface area is 190 Å². The maximum Gasteiger partial charge on any atom is 0.234 e. The molecular weight excluding hydrogens is 418 g/mol. The molecule has 0 aliphatic carbocycles. The van der Waals surface area contributed by atoms with E-state index in [1.807, 2.05) is 79.7 Å². The molecule has 0 N–H and O–H groups in total. The van der Waals surface area contributed by atoms with Crippen LogP contribution in [-0.4, -0.2) is 23.3 Å². The van der Waals surface area contributed by atoms with Crippen molar-refractivity contribution < 1.29 is 9.59 Å². The number of carbonyl (C=O) groups is 2. The summed E-state index contributed by atoms with van der Waals surface area (Å²) in [6, 6.07) is 25.6. The van der Waals surface area contributed by atoms with Crippen LogP contribution in [0.3, 0.4) is 0 Å². The van der Waals surface area contributed by atoms with E-state index >= 15 is 0 Å². The van der Waals surface area contributed by atoms with E-state index in [2.05, 4.69) is 6.07 Å². The molecule has 0 spiro atoms. The van der Waals surface area contributed by atoms with Crippen molar-refractivity contribution in [2.45, 2.75) is 19.9 Å². The van der Waals surface area contributed by atoms with E-state index in [0.717, 1.165) is 27.0 Å². The van der Waals surface area contributed by atoms with Crippen LogP contribution in [0.5, 0.6) is 0 Å². The lowest BCUT2D eigenvalue weighted by molar-refractivity contribution is -0.124. The van der Waals surface area contributed by atoms with Crippen molar-refractivity contribution in [1.82, 2.24) is 4.98 Å². The summed E-state index contributed by atoms with van der Waals surface area (Å²) in [6.07, 6.45) is 0.211. The minimum atomic E-state index is -0.403. The number of hydrogen-bond donors (Lipinski definition) is 0. The molecular formula is C26H23N3O2S. The van der Waals surface area contributed by atoms with Gasteiger partial charge >= 0.3 is 0 Å². The number of benzene rings is 3. The molecule has 160 valence electrons. The van der Waals surface area contributed by atoms with Crippen LogP contribution >= 0.6 is 11.3 Å². The Morgan fingerprint density at radius 1 is 1.06 bits per heavy atom. The van der Waals surface area contributed by atoms with Gasteiger partial charge in [0, 0.05) is 18.7 Å². The molecule has 0 radical (unpaired) electrons. The maximum absolute atomic E-state index is 13.7. The standard InChI is InChI=1S/C26H23N3O2S/c1-18-12-13-22-23(14-18)32-26(27-22)29(16-19-8-4-2-5-9-19)25(31)20-15-24(30)28(17-20)21-10-6-3-7-11-21/h2-14,20H,15-17H2,1H3. The van der Waals surface area contributed by atoms with Gasteiger partial charge in [-0.3, -0.25) is 14.5 Å². The zero-order valence-electron chi connectivity index (χ0n) is 17.8. The largest absolute Gasteiger partial charge is 0.312 e. The molecule has 1 aliphatic rings. The zero-order chi connectivity index (χ0) is 22.1. The smallest absolute Gasteiger partial charge is 0.234 e. The lowest BCUT2D eigenvalue weighted by Gasteiger charge is -2.23. The summed E-state index contributed by atoms with van der Waals surface area (Å²) in [5.74, 6) is -0.481. The number of nitrogens with zero attached hydrogens (tertiary/aromatic N) is 3. The van der Waals surface area contributed by atoms with E-state index in [-0.39, 0.29) is 18.2 Å². The van der Waals surface area contributed by atoms with Crippen LogP contribution in [0.15, 0.2) is 78.9 Å². The SMILES string of the molecule is Cc1ccc2nc(N(Cc3ccccc3)C(=O)C3CC(=O)N(c4ccccc4)C3)sc2c1. The van der Waals surface area contributed by atoms with Gasteiger partial charge < -0.3 is 4.90 Å². The Bertz CT molecular complexity index is 1270. The van der Waals surface area contributed by atoms with Crippen molar-refractivity contribution in [2.24, 2.45) is 5.92 Å². The predicted molar refractivity (Wildman–Crippen MR) is 129 cm³/mol. The van der Waals surface area contributed by atoms with Crippen LogP contribution < -0.4 is 9.80 Å². The Morgan fingerprint density at radius 2 is 1.78 bits per heavy atom. The molecule has 1 unspecified atom stereocenters. The summed E-state index contributed by atoms with van der Waals surface area (Å²) >= 11 is 1.52. The lowest BCUT2D eigenvalue weighted by atomic mass is 10.1. The van der Waals surface area contributed by atoms with Crippen LogP contribution in [0.25, 0.3) is 10.2 Å². The highest BCUT2D eigenvalue weighted by Crippen LogP contribution is 2.33. The fraction of sp³-hybridized carbons (Fsp3) is 0.192. The third kappa shape index (κ3) is 4.01. The van der Waals surface area contributed by atoms with E-state index in [1.165, 1.54) is 11.3 Å². The summed E-state index contributed by atoms with van der Waals surface area (Å²) in [5.41, 5.74) is 3.90. The summed E-state index contributed by atoms with van der Waals surface area (Å²) < 4.78 is 1.05. The number of aryl methyl sites for hydroxylation is 1. The molecule has 5 nitrogen and oxygen atoms in total. The van der Waals surface area contributed by atoms with Crippen LogP contribution in [0.4, 0.5) is 10.8 Å². The number of hydrogen-bond acceptors (Lipinski definition) is 4. The van der Waals surface area contributed by atoms with Crippen LogP contribution in [0.2, 0.25) is 0 Å². The summed E-state index contributed by atoms with van der Waals surface area (Å²) in [5, 5.41) is 0.671. The molecule has 5 rings (SSSR count). The first kappa shape index (κ1) is 20.4. The molecule has 4 aromatic rings. The number of carbonyl (C=O) groups excluding carboxylic acids is 2. The van der Waals surface area contributed by atoms with Crippen molar-refractivity contribution >= 4 is 44.2 Å². The monoisotopic (exact) mass is 441 g/mol. The fourth-order valence-electron chi connectivity index (χ4n) is 4.09. The third-order valence-corrected chi connectivity index (χ3v) is 6.80. The van der Waals surface area contributed by atoms with Crippen molar-refractivity contribution in [2.75, 3.05) is 16.3 Å². The normalized spacial score (nSPS) is 16.0. The molecule has 1 aromatic heterocycles. The van der Waals surface area contributed by atoms with E-state index in [1.54, 1.807) is 9.80 Å². The second kappa shape index (κ2) is 8.55. The second-order valence-corrected chi connectivity index (χ2v) is 9.13. The minimum Gasteiger partial charge on any atom is -0.312 e. The molecule has 1 atom stereocenters. The number of rotatable bonds is 5. The highest BCUT2D eigenvalue weighted by Gasteiger charge is 2.38. The molecule has 0 bridgehead atoms. The number of anilines is 2. The third-order valence-electron chi connectivity index (χ3n) is 5.76. The molecule has 3 aromatic carbocycles. The molecule has 1 fully saturated rings. The maximum atomic E-state index is 13.7. The topological polar surface area (TPSA) is 53.5 Å². The van der Waals surface area contributed by atoms with Gasteiger partial charge in [-0.15, -0.1) is 0 Å². The second-order valence-electron chi connectivity index (χ2n) is 8.12. The number of fused-ring (bicyclic) bond motifs is 1. The van der Waals surface area contributed by atoms with Crippen LogP contribution in [0.1, 0.15) is 17.5 Å². The molecule has 1 aliphatic heterocycles. The highest BCUT2D eigenvalue weighted by atomic mass is 32.1. The van der Waals surface area contributed by atoms with E-state index in [9.17, 15) is 9.59 Å². The average Bonchev–Trinajstić information content (AvgIpc) is 3.41. The predicted octanol–water partition coefficient (Wildman–Crippen LogP) is 5.19. The van der Waals surface area contributed by atoms with Gasteiger partial charge in [0.25, 0.3) is 0 Å². The van der Waals surface area contributed by atoms with Gasteiger partial charge in [-0.25, -0.2) is 4.98 Å². The Balaban J connectivity index is 1.47. The Kier molecular flexibility index (Phi) is 5.45. The van der Waals surface area contributed by atoms with E-state index in [4.69, 9.17) is 4.98 Å². The van der Waals surface area contributed by atoms with Crippen molar-refractivity contribution in [1.29, 1.82) is 0 Å². The zero-order valence-corrected chi connectivity index (χ0v) is 18.6. The Hall–Kier alpha value is -3.51. The van der Waals surface area contributed by atoms with Gasteiger partial charge in [-0.2, -0.15) is 0 Å². The summed E-state index contributed by atoms with van der Waals surface area (Å²) in [6.45, 7) is 2.86. The number of thiazole rings is 1. The van der Waals surface area contributed by atoms with Gasteiger partial charge in [0.2, 0.25) is 11.8 Å². The van der Waals surface area contributed by atoms with Crippen LogP contribution in [-0.2, 0) is 16.1 Å². The molecule has 2 amide bonds. The molecule has 2 heterocycles. The number of para-hydroxylation sites is 1. The molecule has 32 heavy (non-hydrogen) atoms. The van der Waals surface area contributed by atoms with Gasteiger partial charge in [-0.05, 0) is 42.3 Å². The van der Waals surface area contributed by atoms with Gasteiger partial charge in [-0.1, -0.05) is 65.9 Å². The highest BCUT2D eigenvalue weighted by molar-refractivity contribution is 7.22. The first-order valence-corrected chi connectivity index (χ1v) is 11.5. The quantitative estimate of drug-likeness (QED) is 0.428. The average molecular weight is 442 g/mol. The summed E-state index contributed by atoms with van der Waals surface area (Å²) in [4.78, 5) is 34.7. The Morgan fingerprint density at radius 3 is 2.53 bits per heavy atom. The van der Waals surface area contributed by atoms with Crippen LogP contribution in [0, 0.1) is 12.8 Å². The van der Waals surface area contributed by atoms with Crippen molar-refractivity contribution in [3.63, 3.8) is 0 Å². The van der Waals surface area contributed by atoms with Gasteiger partial charge in [0.1, 0.15) is 0 Å². The lowest BCUT2D eigenvalue weighted by Crippen LogP contribution is -2.37. The van der Waals surface area contributed by atoms with Crippen molar-refractivity contribution in [3.8, 4) is 0 Å². The van der Waals surface area contributed by atoms with Crippen molar-refractivity contribution in [3.05, 3.63) is 90.0 Å². The van der Waals surface area contributed by atoms with Gasteiger partial charge in [0.05, 0.1) is 22.7 Å². The molecule has 1 saturated heterocycles. The van der Waals surface area contributed by atoms with Gasteiger partial charge in [0.15, 0.2) is 5.13 Å². The fourth-order valence-corrected chi connectivity index (χ4v) is 5.16. The first-order valence-electron chi connectivity index (χ1n) is 10.7. The molecule has 0 saturated carbocycles. The number of aromatic nitrogens is 1. The molecule has 6 heteroatoms. The van der Waals surface area contributed by atoms with E-state index in [0.29, 0.717) is 18.2 Å². The van der Waals surface area contributed by atoms with E-state index < -0.39 is 5.92 Å². The first-order chi connectivity index (χ1) is 15.6. The number of amides is 2. The summed E-state index contributed by atoms with van der Waals surface area (Å²) in [7, 11) is 0. The minimum absolute atomic E-state index is 0.0193.